The number of alkyl halides is 6. The van der Waals surface area contributed by atoms with Gasteiger partial charge in [-0.2, -0.15) is 26.3 Å². The third-order valence-corrected chi connectivity index (χ3v) is 13.2. The van der Waals surface area contributed by atoms with Gasteiger partial charge in [-0.1, -0.05) is 104 Å². The summed E-state index contributed by atoms with van der Waals surface area (Å²) in [5.41, 5.74) is 6.83. The molecule has 0 saturated carbocycles. The minimum Gasteiger partial charge on any atom is -0.506 e. The largest absolute Gasteiger partial charge is 0.506 e. The summed E-state index contributed by atoms with van der Waals surface area (Å²) >= 11 is 18.7. The van der Waals surface area contributed by atoms with E-state index in [4.69, 9.17) is 36.7 Å². The zero-order valence-corrected chi connectivity index (χ0v) is 48.0. The van der Waals surface area contributed by atoms with Crippen molar-refractivity contribution in [3.8, 4) is 28.4 Å². The van der Waals surface area contributed by atoms with Crippen LogP contribution < -0.4 is 31.9 Å². The van der Waals surface area contributed by atoms with Crippen LogP contribution in [-0.4, -0.2) is 48.4 Å². The molecule has 12 nitrogen and oxygen atoms in total. The Labute approximate surface area is 482 Å². The second kappa shape index (κ2) is 26.8. The average molecular weight is 1220 g/mol. The number of benzene rings is 7. The Morgan fingerprint density at radius 2 is 0.850 bits per heavy atom. The summed E-state index contributed by atoms with van der Waals surface area (Å²) in [5.74, 6) is -2.51. The molecule has 0 aliphatic heterocycles. The van der Waals surface area contributed by atoms with Crippen molar-refractivity contribution in [1.29, 1.82) is 0 Å². The lowest BCUT2D eigenvalue weighted by Crippen LogP contribution is -2.34. The van der Waals surface area contributed by atoms with Crippen LogP contribution in [0.25, 0.3) is 11.1 Å². The predicted octanol–water partition coefficient (Wildman–Crippen LogP) is 14.5. The Morgan fingerprint density at radius 3 is 1.26 bits per heavy atom. The number of thiocarbonyl (C=S) groups is 3. The lowest BCUT2D eigenvalue weighted by molar-refractivity contribution is -0.142. The van der Waals surface area contributed by atoms with Gasteiger partial charge in [0.25, 0.3) is 17.7 Å². The third kappa shape index (κ3) is 17.8. The number of aryl methyl sites for hydroxylation is 7. The smallest absolute Gasteiger partial charge is 0.418 e. The molecule has 7 aromatic rings. The van der Waals surface area contributed by atoms with Crippen LogP contribution in [0.4, 0.5) is 43.4 Å². The quantitative estimate of drug-likeness (QED) is 0.0419. The fourth-order valence-corrected chi connectivity index (χ4v) is 8.88. The van der Waals surface area contributed by atoms with E-state index in [-0.39, 0.29) is 51.2 Å². The molecule has 0 unspecified atom stereocenters. The molecule has 0 radical (unpaired) electrons. The number of carbonyl (C=O) groups is 3. The van der Waals surface area contributed by atoms with Crippen molar-refractivity contribution >= 4 is 103 Å². The van der Waals surface area contributed by atoms with Crippen LogP contribution in [-0.2, 0) is 12.4 Å². The number of aromatic hydroxyl groups is 3. The maximum Gasteiger partial charge on any atom is 0.418 e. The van der Waals surface area contributed by atoms with Gasteiger partial charge in [0.1, 0.15) is 17.2 Å². The van der Waals surface area contributed by atoms with Gasteiger partial charge >= 0.3 is 12.4 Å². The number of hydrogen-bond acceptors (Lipinski definition) is 9. The van der Waals surface area contributed by atoms with Crippen molar-refractivity contribution < 1.29 is 56.0 Å². The molecular formula is C58H53BrF6N6O6S3. The minimum absolute atomic E-state index is 0.0534. The van der Waals surface area contributed by atoms with Crippen LogP contribution in [0.1, 0.15) is 86.7 Å². The van der Waals surface area contributed by atoms with E-state index in [9.17, 15) is 56.0 Å². The summed E-state index contributed by atoms with van der Waals surface area (Å²) in [6.45, 7) is 15.0. The van der Waals surface area contributed by atoms with Crippen LogP contribution in [0.15, 0.2) is 126 Å². The normalized spacial score (nSPS) is 10.9. The average Bonchev–Trinajstić information content (AvgIpc) is 3.39. The molecule has 0 aliphatic carbocycles. The van der Waals surface area contributed by atoms with Crippen molar-refractivity contribution in [1.82, 2.24) is 16.0 Å². The summed E-state index contributed by atoms with van der Waals surface area (Å²) in [6, 6.07) is 32.7. The number of anilines is 3. The Kier molecular flexibility index (Phi) is 21.1. The molecule has 0 atom stereocenters. The number of hydrogen-bond donors (Lipinski definition) is 9. The summed E-state index contributed by atoms with van der Waals surface area (Å²) in [4.78, 5) is 37.0. The van der Waals surface area contributed by atoms with E-state index < -0.39 is 45.9 Å². The molecule has 0 heterocycles. The maximum absolute atomic E-state index is 13.2. The van der Waals surface area contributed by atoms with E-state index in [2.05, 4.69) is 42.5 Å². The molecule has 22 heteroatoms. The molecule has 7 rings (SSSR count). The van der Waals surface area contributed by atoms with Gasteiger partial charge in [-0.05, 0) is 181 Å². The molecule has 9 N–H and O–H groups in total. The first-order chi connectivity index (χ1) is 37.3. The molecule has 7 aromatic carbocycles. The van der Waals surface area contributed by atoms with Gasteiger partial charge in [0.05, 0.1) is 28.2 Å². The van der Waals surface area contributed by atoms with E-state index in [1.807, 2.05) is 95.4 Å². The molecule has 0 spiro atoms. The number of nitrogens with one attached hydrogen (secondary N) is 6. The predicted molar refractivity (Wildman–Crippen MR) is 316 cm³/mol. The number of rotatable bonds is 7. The van der Waals surface area contributed by atoms with Crippen LogP contribution >= 0.6 is 52.6 Å². The van der Waals surface area contributed by atoms with Crippen LogP contribution in [0.5, 0.6) is 17.2 Å². The third-order valence-electron chi connectivity index (χ3n) is 11.4. The number of halogens is 7. The van der Waals surface area contributed by atoms with E-state index in [1.165, 1.54) is 12.1 Å². The molecule has 3 amide bonds. The molecule has 0 fully saturated rings. The van der Waals surface area contributed by atoms with E-state index in [0.717, 1.165) is 60.1 Å². The lowest BCUT2D eigenvalue weighted by atomic mass is 10.0. The molecular weight excluding hydrogens is 1170 g/mol. The maximum atomic E-state index is 13.2. The second-order valence-corrected chi connectivity index (χ2v) is 20.4. The summed E-state index contributed by atoms with van der Waals surface area (Å²) < 4.78 is 78.8. The Morgan fingerprint density at radius 1 is 0.450 bits per heavy atom. The summed E-state index contributed by atoms with van der Waals surface area (Å²) in [5, 5.41) is 44.8. The second-order valence-electron chi connectivity index (χ2n) is 18.4. The molecule has 0 bridgehead atoms. The molecule has 0 aliphatic rings. The Hall–Kier alpha value is -7.92. The first-order valence-electron chi connectivity index (χ1n) is 23.8. The van der Waals surface area contributed by atoms with E-state index in [1.54, 1.807) is 62.4 Å². The van der Waals surface area contributed by atoms with Gasteiger partial charge in [-0.15, -0.1) is 0 Å². The summed E-state index contributed by atoms with van der Waals surface area (Å²) in [7, 11) is 0. The fourth-order valence-electron chi connectivity index (χ4n) is 7.97. The highest BCUT2D eigenvalue weighted by Crippen LogP contribution is 2.44. The topological polar surface area (TPSA) is 184 Å². The van der Waals surface area contributed by atoms with Gasteiger partial charge in [-0.25, -0.2) is 0 Å². The van der Waals surface area contributed by atoms with Gasteiger partial charge in [0.2, 0.25) is 0 Å². The van der Waals surface area contributed by atoms with Crippen molar-refractivity contribution in [2.45, 2.75) is 67.7 Å². The number of phenols is 3. The first-order valence-corrected chi connectivity index (χ1v) is 25.8. The molecule has 0 aromatic heterocycles. The highest BCUT2D eigenvalue weighted by atomic mass is 79.9. The number of carbonyl (C=O) groups excluding carboxylic acids is 3. The van der Waals surface area contributed by atoms with Crippen molar-refractivity contribution in [3.05, 3.63) is 198 Å². The van der Waals surface area contributed by atoms with Gasteiger partial charge in [0.15, 0.2) is 15.3 Å². The monoisotopic (exact) mass is 1220 g/mol. The van der Waals surface area contributed by atoms with Crippen LogP contribution in [0, 0.1) is 55.4 Å². The standard InChI is InChI=1S/C22H20N2O2S.C18H19BrN2O2S.C18H14F6N2O2S/c1-14-10-15(2)12-18(11-14)21(26)24-22(27)23-19-13-17(8-9-20(19)25)16-6-4-3-5-7-16;1-9-5-10(2)7-13(6-9)17(23)21-18(24)20-16-12(4)15(19)11(3)8-14(16)22;1-8-3-9(2)5-10(4-8)15(28)26-16(29)25-14-12(18(22,23)24)6-11(7-13(14)27)17(19,20)21/h3-13,25H,1-2H3,(H2,23,24,26,27);5-8,22H,1-4H3,(H2,20,21,23,24);3-7,27H,1-2H3,(H2,25,26,28,29). The highest BCUT2D eigenvalue weighted by Gasteiger charge is 2.40. The number of phenolic OH excluding ortho intramolecular Hbond substituents is 3. The Balaban J connectivity index is 0.000000221. The molecule has 0 saturated heterocycles. The van der Waals surface area contributed by atoms with Crippen molar-refractivity contribution in [2.24, 2.45) is 0 Å². The zero-order chi connectivity index (χ0) is 59.6. The minimum atomic E-state index is -5.23. The fraction of sp³-hybridized carbons (Fsp3) is 0.172. The highest BCUT2D eigenvalue weighted by molar-refractivity contribution is 9.10. The lowest BCUT2D eigenvalue weighted by Gasteiger charge is -2.19. The molecule has 418 valence electrons. The van der Waals surface area contributed by atoms with Gasteiger partial charge < -0.3 is 31.3 Å². The molecule has 80 heavy (non-hydrogen) atoms. The van der Waals surface area contributed by atoms with Crippen molar-refractivity contribution in [2.75, 3.05) is 16.0 Å². The van der Waals surface area contributed by atoms with Gasteiger partial charge in [0, 0.05) is 21.2 Å². The van der Waals surface area contributed by atoms with E-state index in [0.29, 0.717) is 22.5 Å². The zero-order valence-electron chi connectivity index (χ0n) is 44.0. The van der Waals surface area contributed by atoms with Crippen LogP contribution in [0.2, 0.25) is 0 Å². The van der Waals surface area contributed by atoms with E-state index >= 15 is 0 Å². The Bertz CT molecular complexity index is 3480. The van der Waals surface area contributed by atoms with Crippen molar-refractivity contribution in [3.63, 3.8) is 0 Å². The SMILES string of the molecule is Cc1cc(C)cc(C(=O)NC(=S)Nc2c(O)cc(C(F)(F)F)cc2C(F)(F)F)c1.Cc1cc(C)cc(C(=O)NC(=S)Nc2c(O)cc(C)c(Br)c2C)c1.Cc1cc(C)cc(C(=O)NC(=S)Nc2cc(-c3ccccc3)ccc2O)c1. The number of amides is 3. The van der Waals surface area contributed by atoms with Crippen LogP contribution in [0.3, 0.4) is 0 Å². The summed E-state index contributed by atoms with van der Waals surface area (Å²) in [6.07, 6.45) is -10.3. The van der Waals surface area contributed by atoms with Gasteiger partial charge in [-0.3, -0.25) is 30.3 Å². The first kappa shape index (κ1) is 62.9.